The lowest BCUT2D eigenvalue weighted by molar-refractivity contribution is -0.123. The van der Waals surface area contributed by atoms with E-state index in [0.717, 1.165) is 25.7 Å². The summed E-state index contributed by atoms with van der Waals surface area (Å²) in [5, 5.41) is 23.4. The highest BCUT2D eigenvalue weighted by Crippen LogP contribution is 2.18. The van der Waals surface area contributed by atoms with Gasteiger partial charge in [-0.2, -0.15) is 0 Å². The minimum Gasteiger partial charge on any atom is -0.394 e. The summed E-state index contributed by atoms with van der Waals surface area (Å²) in [5.41, 5.74) is 0. The van der Waals surface area contributed by atoms with Gasteiger partial charge in [-0.1, -0.05) is 315 Å². The number of carbonyl (C=O) groups is 1. The summed E-state index contributed by atoms with van der Waals surface area (Å²) in [7, 11) is 0. The van der Waals surface area contributed by atoms with E-state index in [2.05, 4.69) is 31.3 Å². The Morgan fingerprint density at radius 2 is 0.594 bits per heavy atom. The quantitative estimate of drug-likeness (QED) is 0.0421. The Morgan fingerprint density at radius 1 is 0.359 bits per heavy atom. The molecule has 0 aliphatic heterocycles. The molecule has 0 bridgehead atoms. The fraction of sp³-hybridized carbons (Fsp3) is 0.950. The first-order valence-electron chi connectivity index (χ1n) is 29.9. The average Bonchev–Trinajstić information content (AvgIpc) is 3.30. The van der Waals surface area contributed by atoms with Gasteiger partial charge in [-0.3, -0.25) is 4.79 Å². The van der Waals surface area contributed by atoms with Crippen LogP contribution in [0.3, 0.4) is 0 Å². The van der Waals surface area contributed by atoms with Crippen LogP contribution >= 0.6 is 0 Å². The number of amides is 1. The molecule has 4 heteroatoms. The lowest BCUT2D eigenvalue weighted by atomic mass is 10.0. The molecule has 4 nitrogen and oxygen atoms in total. The van der Waals surface area contributed by atoms with Crippen LogP contribution in [0.15, 0.2) is 12.2 Å². The monoisotopic (exact) mass is 902 g/mol. The van der Waals surface area contributed by atoms with Gasteiger partial charge in [0, 0.05) is 6.42 Å². The van der Waals surface area contributed by atoms with Crippen LogP contribution in [-0.4, -0.2) is 34.9 Å². The fourth-order valence-electron chi connectivity index (χ4n) is 9.71. The van der Waals surface area contributed by atoms with Crippen LogP contribution < -0.4 is 5.32 Å². The van der Waals surface area contributed by atoms with Crippen molar-refractivity contribution in [3.05, 3.63) is 12.2 Å². The molecule has 0 aromatic heterocycles. The summed E-state index contributed by atoms with van der Waals surface area (Å²) in [4.78, 5) is 12.5. The van der Waals surface area contributed by atoms with Gasteiger partial charge in [-0.25, -0.2) is 0 Å². The van der Waals surface area contributed by atoms with Crippen molar-refractivity contribution in [1.29, 1.82) is 0 Å². The number of aliphatic hydroxyl groups is 2. The molecule has 0 saturated heterocycles. The van der Waals surface area contributed by atoms with E-state index < -0.39 is 12.1 Å². The molecule has 3 N–H and O–H groups in total. The second-order valence-electron chi connectivity index (χ2n) is 20.8. The van der Waals surface area contributed by atoms with Gasteiger partial charge >= 0.3 is 0 Å². The highest BCUT2D eigenvalue weighted by Gasteiger charge is 2.20. The maximum atomic E-state index is 12.5. The van der Waals surface area contributed by atoms with Crippen LogP contribution in [0.1, 0.15) is 348 Å². The second kappa shape index (κ2) is 56.5. The van der Waals surface area contributed by atoms with Crippen molar-refractivity contribution in [2.24, 2.45) is 0 Å². The number of rotatable bonds is 56. The Labute approximate surface area is 403 Å². The van der Waals surface area contributed by atoms with Gasteiger partial charge in [0.2, 0.25) is 5.91 Å². The average molecular weight is 903 g/mol. The van der Waals surface area contributed by atoms with Crippen molar-refractivity contribution < 1.29 is 15.0 Å². The Kier molecular flexibility index (Phi) is 55.7. The number of unbranched alkanes of at least 4 members (excludes halogenated alkanes) is 47. The van der Waals surface area contributed by atoms with Gasteiger partial charge in [-0.05, 0) is 38.5 Å². The van der Waals surface area contributed by atoms with E-state index in [-0.39, 0.29) is 12.5 Å². The van der Waals surface area contributed by atoms with Gasteiger partial charge in [0.1, 0.15) is 0 Å². The van der Waals surface area contributed by atoms with Crippen LogP contribution in [0, 0.1) is 0 Å². The third-order valence-corrected chi connectivity index (χ3v) is 14.3. The largest absolute Gasteiger partial charge is 0.394 e. The number of nitrogens with one attached hydrogen (secondary N) is 1. The molecule has 2 unspecified atom stereocenters. The molecule has 0 spiro atoms. The van der Waals surface area contributed by atoms with E-state index in [1.54, 1.807) is 0 Å². The number of hydrogen-bond donors (Lipinski definition) is 3. The maximum absolute atomic E-state index is 12.5. The molecular weight excluding hydrogens is 783 g/mol. The van der Waals surface area contributed by atoms with E-state index in [1.165, 1.54) is 295 Å². The number of allylic oxidation sites excluding steroid dienone is 2. The molecule has 382 valence electrons. The SMILES string of the molecule is CCCCCCCCCC/C=C\CCCCCCCCCCCCCCCC(=O)NC(CO)C(O)CCCCCCCCCCCCCCCCCCCCCCCCCCCCC. The molecule has 2 atom stereocenters. The fourth-order valence-corrected chi connectivity index (χ4v) is 9.71. The zero-order chi connectivity index (χ0) is 46.3. The lowest BCUT2D eigenvalue weighted by Crippen LogP contribution is -2.45. The molecule has 0 aliphatic carbocycles. The maximum Gasteiger partial charge on any atom is 0.220 e. The highest BCUT2D eigenvalue weighted by atomic mass is 16.3. The Hall–Kier alpha value is -0.870. The molecule has 0 aromatic rings. The summed E-state index contributed by atoms with van der Waals surface area (Å²) in [5.74, 6) is -0.0242. The van der Waals surface area contributed by atoms with E-state index in [9.17, 15) is 15.0 Å². The summed E-state index contributed by atoms with van der Waals surface area (Å²) in [6.45, 7) is 4.40. The summed E-state index contributed by atoms with van der Waals surface area (Å²) in [6.07, 6.45) is 73.6. The van der Waals surface area contributed by atoms with Crippen molar-refractivity contribution in [3.63, 3.8) is 0 Å². The van der Waals surface area contributed by atoms with Gasteiger partial charge in [0.15, 0.2) is 0 Å². The van der Waals surface area contributed by atoms with E-state index in [0.29, 0.717) is 12.8 Å². The lowest BCUT2D eigenvalue weighted by Gasteiger charge is -2.22. The summed E-state index contributed by atoms with van der Waals surface area (Å²) < 4.78 is 0. The van der Waals surface area contributed by atoms with E-state index >= 15 is 0 Å². The molecule has 0 aromatic carbocycles. The predicted molar refractivity (Wildman–Crippen MR) is 286 cm³/mol. The molecule has 0 aliphatic rings. The number of aliphatic hydroxyl groups excluding tert-OH is 2. The van der Waals surface area contributed by atoms with Gasteiger partial charge in [0.05, 0.1) is 18.8 Å². The standard InChI is InChI=1S/C60H119NO3/c1-3-5-7-9-11-13-15-17-19-21-23-25-27-29-30-32-33-35-37-39-41-43-45-47-49-51-53-55-59(63)58(57-62)61-60(64)56-54-52-50-48-46-44-42-40-38-36-34-31-28-26-24-22-20-18-16-14-12-10-8-6-4-2/h22,24,58-59,62-63H,3-21,23,25-57H2,1-2H3,(H,61,64)/b24-22-. The predicted octanol–water partition coefficient (Wildman–Crippen LogP) is 19.7. The van der Waals surface area contributed by atoms with E-state index in [1.807, 2.05) is 0 Å². The van der Waals surface area contributed by atoms with Gasteiger partial charge in [-0.15, -0.1) is 0 Å². The number of carbonyl (C=O) groups excluding carboxylic acids is 1. The summed E-state index contributed by atoms with van der Waals surface area (Å²) in [6, 6.07) is -0.534. The molecule has 0 saturated carbocycles. The van der Waals surface area contributed by atoms with Crippen molar-refractivity contribution in [1.82, 2.24) is 5.32 Å². The number of hydrogen-bond acceptors (Lipinski definition) is 3. The highest BCUT2D eigenvalue weighted by molar-refractivity contribution is 5.76. The van der Waals surface area contributed by atoms with Crippen molar-refractivity contribution in [2.45, 2.75) is 360 Å². The Morgan fingerprint density at radius 3 is 0.859 bits per heavy atom. The second-order valence-corrected chi connectivity index (χ2v) is 20.8. The smallest absolute Gasteiger partial charge is 0.220 e. The zero-order valence-electron chi connectivity index (χ0n) is 44.1. The third kappa shape index (κ3) is 52.1. The molecule has 0 rings (SSSR count). The Bertz CT molecular complexity index is 890. The minimum atomic E-state index is -0.658. The molecular formula is C60H119NO3. The van der Waals surface area contributed by atoms with Crippen LogP contribution in [0.5, 0.6) is 0 Å². The molecule has 0 heterocycles. The van der Waals surface area contributed by atoms with Crippen LogP contribution in [0.2, 0.25) is 0 Å². The molecule has 1 amide bonds. The van der Waals surface area contributed by atoms with E-state index in [4.69, 9.17) is 0 Å². The minimum absolute atomic E-state index is 0.0242. The molecule has 0 fully saturated rings. The van der Waals surface area contributed by atoms with Gasteiger partial charge < -0.3 is 15.5 Å². The first-order chi connectivity index (χ1) is 31.7. The van der Waals surface area contributed by atoms with Crippen molar-refractivity contribution >= 4 is 5.91 Å². The summed E-state index contributed by atoms with van der Waals surface area (Å²) >= 11 is 0. The van der Waals surface area contributed by atoms with Crippen LogP contribution in [0.4, 0.5) is 0 Å². The zero-order valence-corrected chi connectivity index (χ0v) is 44.1. The van der Waals surface area contributed by atoms with Crippen LogP contribution in [-0.2, 0) is 4.79 Å². The van der Waals surface area contributed by atoms with Crippen molar-refractivity contribution in [2.75, 3.05) is 6.61 Å². The van der Waals surface area contributed by atoms with Gasteiger partial charge in [0.25, 0.3) is 0 Å². The van der Waals surface area contributed by atoms with Crippen LogP contribution in [0.25, 0.3) is 0 Å². The van der Waals surface area contributed by atoms with Crippen molar-refractivity contribution in [3.8, 4) is 0 Å². The topological polar surface area (TPSA) is 69.6 Å². The molecule has 0 radical (unpaired) electrons. The molecule has 64 heavy (non-hydrogen) atoms. The first-order valence-corrected chi connectivity index (χ1v) is 29.9. The Balaban J connectivity index is 3.41. The third-order valence-electron chi connectivity index (χ3n) is 14.3. The normalized spacial score (nSPS) is 12.8. The first kappa shape index (κ1) is 63.1.